The second-order valence-electron chi connectivity index (χ2n) is 5.66. The Morgan fingerprint density at radius 3 is 2.50 bits per heavy atom. The maximum atomic E-state index is 10.9. The van der Waals surface area contributed by atoms with Crippen LogP contribution in [0.15, 0.2) is 30.3 Å². The van der Waals surface area contributed by atoms with Gasteiger partial charge in [-0.05, 0) is 44.3 Å². The van der Waals surface area contributed by atoms with Crippen LogP contribution in [0.4, 0.5) is 0 Å². The highest BCUT2D eigenvalue weighted by molar-refractivity contribution is 5.85. The fourth-order valence-electron chi connectivity index (χ4n) is 2.73. The minimum atomic E-state index is -0.640. The molecule has 0 spiro atoms. The molecule has 1 aromatic rings. The number of halogens is 1. The van der Waals surface area contributed by atoms with E-state index in [9.17, 15) is 4.79 Å². The van der Waals surface area contributed by atoms with Crippen molar-refractivity contribution in [3.05, 3.63) is 35.9 Å². The van der Waals surface area contributed by atoms with E-state index >= 15 is 0 Å². The topological polar surface area (TPSA) is 49.8 Å². The lowest BCUT2D eigenvalue weighted by atomic mass is 9.97. The van der Waals surface area contributed by atoms with Gasteiger partial charge in [0, 0.05) is 13.2 Å². The highest BCUT2D eigenvalue weighted by atomic mass is 35.5. The molecule has 0 saturated carbocycles. The predicted molar refractivity (Wildman–Crippen MR) is 89.6 cm³/mol. The molecular weight excluding hydrogens is 302 g/mol. The van der Waals surface area contributed by atoms with Crippen LogP contribution in [0.25, 0.3) is 0 Å². The predicted octanol–water partition coefficient (Wildman–Crippen LogP) is 2.85. The Hall–Kier alpha value is -1.10. The number of ether oxygens (including phenoxy) is 1. The molecule has 0 radical (unpaired) electrons. The molecule has 0 aromatic heterocycles. The fraction of sp³-hybridized carbons (Fsp3) is 0.588. The molecule has 1 aromatic carbocycles. The van der Waals surface area contributed by atoms with Crippen molar-refractivity contribution in [3.63, 3.8) is 0 Å². The molecule has 1 fully saturated rings. The first-order chi connectivity index (χ1) is 10.3. The van der Waals surface area contributed by atoms with Gasteiger partial charge in [0.1, 0.15) is 0 Å². The number of hydrogen-bond donors (Lipinski definition) is 1. The van der Waals surface area contributed by atoms with Crippen LogP contribution in [0.5, 0.6) is 0 Å². The molecular formula is C17H26ClNO3. The van der Waals surface area contributed by atoms with E-state index in [1.165, 1.54) is 5.56 Å². The van der Waals surface area contributed by atoms with E-state index in [0.717, 1.165) is 58.5 Å². The number of carboxylic acids is 1. The van der Waals surface area contributed by atoms with Gasteiger partial charge in [-0.1, -0.05) is 30.3 Å². The molecule has 0 aliphatic carbocycles. The van der Waals surface area contributed by atoms with Crippen LogP contribution >= 0.6 is 12.4 Å². The fourth-order valence-corrected chi connectivity index (χ4v) is 2.73. The van der Waals surface area contributed by atoms with E-state index in [0.29, 0.717) is 0 Å². The summed E-state index contributed by atoms with van der Waals surface area (Å²) in [5, 5.41) is 8.95. The summed E-state index contributed by atoms with van der Waals surface area (Å²) in [4.78, 5) is 13.2. The molecule has 22 heavy (non-hydrogen) atoms. The Morgan fingerprint density at radius 1 is 1.18 bits per heavy atom. The van der Waals surface area contributed by atoms with Gasteiger partial charge in [-0.15, -0.1) is 12.4 Å². The van der Waals surface area contributed by atoms with Crippen molar-refractivity contribution in [3.8, 4) is 0 Å². The first-order valence-electron chi connectivity index (χ1n) is 7.82. The number of nitrogens with zero attached hydrogens (tertiary/aromatic N) is 1. The lowest BCUT2D eigenvalue weighted by Gasteiger charge is -2.29. The van der Waals surface area contributed by atoms with Crippen LogP contribution in [0.1, 0.15) is 24.8 Å². The van der Waals surface area contributed by atoms with Crippen molar-refractivity contribution in [1.29, 1.82) is 0 Å². The van der Waals surface area contributed by atoms with E-state index in [1.807, 2.05) is 6.07 Å². The van der Waals surface area contributed by atoms with Crippen molar-refractivity contribution in [2.45, 2.75) is 25.7 Å². The van der Waals surface area contributed by atoms with Gasteiger partial charge < -0.3 is 14.7 Å². The molecule has 124 valence electrons. The lowest BCUT2D eigenvalue weighted by molar-refractivity contribution is -0.143. The summed E-state index contributed by atoms with van der Waals surface area (Å²) in [5.74, 6) is -0.776. The standard InChI is InChI=1S/C17H25NO3.ClH/c19-17(20)16-7-11-18(12-8-16)10-4-13-21-14-9-15-5-2-1-3-6-15;/h1-3,5-6,16H,4,7-14H2,(H,19,20);1H. The summed E-state index contributed by atoms with van der Waals surface area (Å²) in [6.45, 7) is 4.37. The van der Waals surface area contributed by atoms with Crippen LogP contribution in [-0.2, 0) is 16.0 Å². The molecule has 5 heteroatoms. The zero-order valence-corrected chi connectivity index (χ0v) is 13.8. The Bertz CT molecular complexity index is 419. The van der Waals surface area contributed by atoms with Gasteiger partial charge >= 0.3 is 5.97 Å². The number of piperidine rings is 1. The largest absolute Gasteiger partial charge is 0.481 e. The lowest BCUT2D eigenvalue weighted by Crippen LogP contribution is -2.37. The maximum Gasteiger partial charge on any atom is 0.306 e. The number of aliphatic carboxylic acids is 1. The Balaban J connectivity index is 0.00000242. The number of benzene rings is 1. The molecule has 0 unspecified atom stereocenters. The molecule has 0 amide bonds. The Morgan fingerprint density at radius 2 is 1.86 bits per heavy atom. The van der Waals surface area contributed by atoms with Crippen molar-refractivity contribution < 1.29 is 14.6 Å². The zero-order valence-electron chi connectivity index (χ0n) is 12.9. The minimum absolute atomic E-state index is 0. The maximum absolute atomic E-state index is 10.9. The quantitative estimate of drug-likeness (QED) is 0.746. The summed E-state index contributed by atoms with van der Waals surface area (Å²) in [5.41, 5.74) is 1.31. The monoisotopic (exact) mass is 327 g/mol. The van der Waals surface area contributed by atoms with E-state index in [-0.39, 0.29) is 18.3 Å². The summed E-state index contributed by atoms with van der Waals surface area (Å²) in [7, 11) is 0. The number of hydrogen-bond acceptors (Lipinski definition) is 3. The van der Waals surface area contributed by atoms with Crippen LogP contribution in [0.3, 0.4) is 0 Å². The van der Waals surface area contributed by atoms with Crippen LogP contribution in [0, 0.1) is 5.92 Å². The average molecular weight is 328 g/mol. The van der Waals surface area contributed by atoms with Crippen LogP contribution in [0.2, 0.25) is 0 Å². The van der Waals surface area contributed by atoms with E-state index < -0.39 is 5.97 Å². The van der Waals surface area contributed by atoms with Crippen molar-refractivity contribution >= 4 is 18.4 Å². The van der Waals surface area contributed by atoms with Gasteiger partial charge in [0.2, 0.25) is 0 Å². The molecule has 1 aliphatic heterocycles. The zero-order chi connectivity index (χ0) is 14.9. The number of likely N-dealkylation sites (tertiary alicyclic amines) is 1. The van der Waals surface area contributed by atoms with Gasteiger partial charge in [-0.2, -0.15) is 0 Å². The summed E-state index contributed by atoms with van der Waals surface area (Å²) in [6, 6.07) is 10.4. The van der Waals surface area contributed by atoms with Gasteiger partial charge in [0.25, 0.3) is 0 Å². The van der Waals surface area contributed by atoms with Crippen LogP contribution < -0.4 is 0 Å². The first-order valence-corrected chi connectivity index (χ1v) is 7.82. The van der Waals surface area contributed by atoms with Gasteiger partial charge in [-0.3, -0.25) is 4.79 Å². The number of rotatable bonds is 8. The normalized spacial score (nSPS) is 16.2. The minimum Gasteiger partial charge on any atom is -0.481 e. The third-order valence-corrected chi connectivity index (χ3v) is 4.08. The third kappa shape index (κ3) is 6.77. The Labute approximate surface area is 138 Å². The first kappa shape index (κ1) is 18.9. The van der Waals surface area contributed by atoms with Crippen molar-refractivity contribution in [2.75, 3.05) is 32.8 Å². The molecule has 0 bridgehead atoms. The van der Waals surface area contributed by atoms with Gasteiger partial charge in [-0.25, -0.2) is 0 Å². The molecule has 1 heterocycles. The third-order valence-electron chi connectivity index (χ3n) is 4.08. The average Bonchev–Trinajstić information content (AvgIpc) is 2.52. The molecule has 1 saturated heterocycles. The van der Waals surface area contributed by atoms with Gasteiger partial charge in [0.05, 0.1) is 12.5 Å². The van der Waals surface area contributed by atoms with E-state index in [2.05, 4.69) is 29.2 Å². The van der Waals surface area contributed by atoms with E-state index in [4.69, 9.17) is 9.84 Å². The summed E-state index contributed by atoms with van der Waals surface area (Å²) < 4.78 is 5.67. The summed E-state index contributed by atoms with van der Waals surface area (Å²) >= 11 is 0. The molecule has 1 N–H and O–H groups in total. The second-order valence-corrected chi connectivity index (χ2v) is 5.66. The Kier molecular flexibility index (Phi) is 9.13. The van der Waals surface area contributed by atoms with Crippen molar-refractivity contribution in [2.24, 2.45) is 5.92 Å². The SMILES string of the molecule is Cl.O=C(O)C1CCN(CCCOCCc2ccccc2)CC1. The summed E-state index contributed by atoms with van der Waals surface area (Å²) in [6.07, 6.45) is 3.55. The van der Waals surface area contributed by atoms with Gasteiger partial charge in [0.15, 0.2) is 0 Å². The molecule has 4 nitrogen and oxygen atoms in total. The molecule has 0 atom stereocenters. The highest BCUT2D eigenvalue weighted by Gasteiger charge is 2.23. The molecule has 2 rings (SSSR count). The second kappa shape index (κ2) is 10.6. The number of carbonyl (C=O) groups is 1. The van der Waals surface area contributed by atoms with Crippen LogP contribution in [-0.4, -0.2) is 48.8 Å². The molecule has 1 aliphatic rings. The highest BCUT2D eigenvalue weighted by Crippen LogP contribution is 2.17. The smallest absolute Gasteiger partial charge is 0.306 e. The van der Waals surface area contributed by atoms with E-state index in [1.54, 1.807) is 0 Å². The number of carboxylic acid groups (broad SMARTS) is 1. The van der Waals surface area contributed by atoms with Crippen molar-refractivity contribution in [1.82, 2.24) is 4.90 Å².